The van der Waals surface area contributed by atoms with Gasteiger partial charge in [0.25, 0.3) is 0 Å². The van der Waals surface area contributed by atoms with Crippen molar-refractivity contribution in [1.29, 1.82) is 0 Å². The molecule has 21 aromatic carbocycles. The Kier molecular flexibility index (Phi) is 17.8. The summed E-state index contributed by atoms with van der Waals surface area (Å²) in [5, 5.41) is 22.6. The zero-order valence-electron chi connectivity index (χ0n) is 68.4. The fraction of sp³-hybridized carbons (Fsp3) is 0.00840. The first-order valence-electron chi connectivity index (χ1n) is 43.0. The predicted molar refractivity (Wildman–Crippen MR) is 549 cm³/mol. The summed E-state index contributed by atoms with van der Waals surface area (Å²) in [6.07, 6.45) is 0. The summed E-state index contributed by atoms with van der Waals surface area (Å²) in [4.78, 5) is 0. The molecule has 0 atom stereocenters. The fourth-order valence-electron chi connectivity index (χ4n) is 20.8. The van der Waals surface area contributed by atoms with E-state index >= 15 is 0 Å². The Morgan fingerprint density at radius 1 is 0.228 bits per heavy atom. The number of thiophene rings is 1. The van der Waals surface area contributed by atoms with Crippen LogP contribution in [0.1, 0.15) is 22.3 Å². The SMILES string of the molecule is Brc1cccc(-c2ccc3c4ccc5ccccc5c4n(-c4ccc5c(c4)-c4c(ccc6ccccc46)C5(c4ccccc4)c4ccccc4)c3c2)c1.Brc1cccc(-c2ccc3c4ccccc4n(-c4ccc5oc6ccc7ccccc7c6c5c4)c3c2)c1.Brc1cccc(-c2ccc3c4ccccc4n(-c4ccc5sc6ccc7ccccc7c6c5c4)c3c2)c1. The molecule has 8 heteroatoms. The van der Waals surface area contributed by atoms with E-state index in [1.807, 2.05) is 11.3 Å². The summed E-state index contributed by atoms with van der Waals surface area (Å²) in [5.74, 6) is 0. The maximum Gasteiger partial charge on any atom is 0.136 e. The van der Waals surface area contributed by atoms with Crippen LogP contribution < -0.4 is 0 Å². The number of hydrogen-bond acceptors (Lipinski definition) is 2. The van der Waals surface area contributed by atoms with Gasteiger partial charge in [-0.2, -0.15) is 0 Å². The number of furan rings is 1. The highest BCUT2D eigenvalue weighted by atomic mass is 79.9. The van der Waals surface area contributed by atoms with Crippen molar-refractivity contribution in [3.8, 4) is 61.6 Å². The molecule has 5 heterocycles. The minimum atomic E-state index is -0.475. The molecule has 27 rings (SSSR count). The number of nitrogens with zero attached hydrogens (tertiary/aromatic N) is 3. The van der Waals surface area contributed by atoms with Crippen molar-refractivity contribution in [2.45, 2.75) is 5.41 Å². The second kappa shape index (κ2) is 30.2. The van der Waals surface area contributed by atoms with E-state index in [1.165, 1.54) is 207 Å². The van der Waals surface area contributed by atoms with Crippen LogP contribution in [0.15, 0.2) is 455 Å². The zero-order chi connectivity index (χ0) is 84.1. The normalized spacial score (nSPS) is 12.4. The molecule has 0 amide bonds. The van der Waals surface area contributed by atoms with Crippen LogP contribution in [0.4, 0.5) is 0 Å². The fourth-order valence-corrected chi connectivity index (χ4v) is 23.1. The van der Waals surface area contributed by atoms with Crippen LogP contribution in [0.5, 0.6) is 0 Å². The highest BCUT2D eigenvalue weighted by Gasteiger charge is 2.47. The van der Waals surface area contributed by atoms with E-state index in [-0.39, 0.29) is 0 Å². The molecule has 127 heavy (non-hydrogen) atoms. The monoisotopic (exact) mass is 1830 g/mol. The van der Waals surface area contributed by atoms with Gasteiger partial charge in [-0.1, -0.05) is 357 Å². The third kappa shape index (κ3) is 12.2. The van der Waals surface area contributed by atoms with Gasteiger partial charge < -0.3 is 18.1 Å². The summed E-state index contributed by atoms with van der Waals surface area (Å²) in [7, 11) is 0. The molecule has 0 aliphatic heterocycles. The van der Waals surface area contributed by atoms with Crippen molar-refractivity contribution in [1.82, 2.24) is 13.7 Å². The van der Waals surface area contributed by atoms with Gasteiger partial charge in [-0.25, -0.2) is 0 Å². The molecule has 0 saturated heterocycles. The Labute approximate surface area is 760 Å². The Balaban J connectivity index is 0.000000106. The van der Waals surface area contributed by atoms with Gasteiger partial charge in [-0.05, 0) is 232 Å². The van der Waals surface area contributed by atoms with Crippen LogP contribution >= 0.6 is 59.1 Å². The van der Waals surface area contributed by atoms with E-state index < -0.39 is 5.41 Å². The van der Waals surface area contributed by atoms with Crippen molar-refractivity contribution >= 4 is 210 Å². The third-order valence-corrected chi connectivity index (χ3v) is 29.0. The standard InChI is InChI=1S/C51H32BrN.C34H20BrNO.C34H20BrNS/c52-39-19-11-14-35(30-39)36-23-26-43-44-27-22-34-13-8-10-21-42(34)50(44)53(48(43)31-36)40-25-29-46-45(32-40)49-41-20-9-7-12-33(41)24-28-47(49)51(46,37-15-3-1-4-16-37)38-17-5-2-6-18-38;2*35-24-8-5-7-22(18-24)23-12-15-28-27-10-3-4-11-30(27)36(31(28)19-23)25-14-17-32-29(20-25)34-26-9-2-1-6-21(26)13-16-33(34)37-32/h1-32H;2*1-20H. The van der Waals surface area contributed by atoms with Gasteiger partial charge in [0, 0.05) is 99.1 Å². The maximum absolute atomic E-state index is 6.28. The van der Waals surface area contributed by atoms with E-state index in [0.717, 1.165) is 41.3 Å². The quantitative estimate of drug-likeness (QED) is 0.149. The lowest BCUT2D eigenvalue weighted by atomic mass is 9.67. The molecular weight excluding hydrogens is 1760 g/mol. The van der Waals surface area contributed by atoms with E-state index in [0.29, 0.717) is 0 Å². The summed E-state index contributed by atoms with van der Waals surface area (Å²) in [6, 6.07) is 159. The molecule has 596 valence electrons. The van der Waals surface area contributed by atoms with Gasteiger partial charge in [0.05, 0.1) is 38.5 Å². The first kappa shape index (κ1) is 75.1. The van der Waals surface area contributed by atoms with Gasteiger partial charge in [0.15, 0.2) is 0 Å². The Hall–Kier alpha value is -14.5. The van der Waals surface area contributed by atoms with Crippen LogP contribution in [0.25, 0.3) is 212 Å². The summed E-state index contributed by atoms with van der Waals surface area (Å²) in [6.45, 7) is 0. The third-order valence-electron chi connectivity index (χ3n) is 26.4. The second-order valence-corrected chi connectivity index (χ2v) is 37.1. The lowest BCUT2D eigenvalue weighted by Crippen LogP contribution is -2.28. The molecule has 5 aromatic heterocycles. The number of fused-ring (bicyclic) bond motifs is 26. The van der Waals surface area contributed by atoms with Crippen LogP contribution in [0.2, 0.25) is 0 Å². The van der Waals surface area contributed by atoms with Crippen LogP contribution in [-0.2, 0) is 5.41 Å². The van der Waals surface area contributed by atoms with E-state index in [1.54, 1.807) is 0 Å². The molecular formula is C119H72Br3N3OS. The van der Waals surface area contributed by atoms with Gasteiger partial charge in [-0.15, -0.1) is 11.3 Å². The summed E-state index contributed by atoms with van der Waals surface area (Å²) in [5.41, 5.74) is 27.1. The van der Waals surface area contributed by atoms with Crippen LogP contribution in [0, 0.1) is 0 Å². The lowest BCUT2D eigenvalue weighted by Gasteiger charge is -2.34. The van der Waals surface area contributed by atoms with Crippen molar-refractivity contribution in [3.63, 3.8) is 0 Å². The van der Waals surface area contributed by atoms with Crippen LogP contribution in [-0.4, -0.2) is 13.7 Å². The molecule has 26 aromatic rings. The molecule has 0 fully saturated rings. The first-order valence-corrected chi connectivity index (χ1v) is 46.2. The average molecular weight is 1830 g/mol. The summed E-state index contributed by atoms with van der Waals surface area (Å²) >= 11 is 12.9. The van der Waals surface area contributed by atoms with E-state index in [4.69, 9.17) is 4.42 Å². The molecule has 0 bridgehead atoms. The molecule has 4 nitrogen and oxygen atoms in total. The highest BCUT2D eigenvalue weighted by molar-refractivity contribution is 9.11. The topological polar surface area (TPSA) is 27.9 Å². The second-order valence-electron chi connectivity index (χ2n) is 33.3. The number of halogens is 3. The average Bonchev–Trinajstić information content (AvgIpc) is 1.52. The first-order chi connectivity index (χ1) is 62.7. The number of rotatable bonds is 8. The molecule has 0 spiro atoms. The number of aromatic nitrogens is 3. The van der Waals surface area contributed by atoms with Crippen LogP contribution in [0.3, 0.4) is 0 Å². The maximum atomic E-state index is 6.28. The Morgan fingerprint density at radius 2 is 0.622 bits per heavy atom. The minimum absolute atomic E-state index is 0.475. The van der Waals surface area contributed by atoms with Gasteiger partial charge >= 0.3 is 0 Å². The Morgan fingerprint density at radius 3 is 1.20 bits per heavy atom. The molecule has 0 unspecified atom stereocenters. The van der Waals surface area contributed by atoms with Gasteiger partial charge in [0.2, 0.25) is 0 Å². The van der Waals surface area contributed by atoms with Crippen molar-refractivity contribution in [2.75, 3.05) is 0 Å². The summed E-state index contributed by atoms with van der Waals surface area (Å²) < 4.78 is 19.5. The van der Waals surface area contributed by atoms with E-state index in [2.05, 4.69) is 498 Å². The minimum Gasteiger partial charge on any atom is -0.456 e. The lowest BCUT2D eigenvalue weighted by molar-refractivity contribution is 0.669. The smallest absolute Gasteiger partial charge is 0.136 e. The molecule has 1 aliphatic carbocycles. The Bertz CT molecular complexity index is 8690. The van der Waals surface area contributed by atoms with Crippen molar-refractivity contribution < 1.29 is 4.42 Å². The van der Waals surface area contributed by atoms with Crippen molar-refractivity contribution in [3.05, 3.63) is 472 Å². The van der Waals surface area contributed by atoms with E-state index in [9.17, 15) is 0 Å². The van der Waals surface area contributed by atoms with Gasteiger partial charge in [-0.3, -0.25) is 0 Å². The van der Waals surface area contributed by atoms with Crippen molar-refractivity contribution in [2.24, 2.45) is 0 Å². The zero-order valence-corrected chi connectivity index (χ0v) is 73.9. The molecule has 0 saturated carbocycles. The molecule has 0 N–H and O–H groups in total. The highest BCUT2D eigenvalue weighted by Crippen LogP contribution is 2.59. The number of para-hydroxylation sites is 2. The number of hydrogen-bond donors (Lipinski definition) is 0. The largest absolute Gasteiger partial charge is 0.456 e. The molecule has 0 radical (unpaired) electrons. The van der Waals surface area contributed by atoms with Gasteiger partial charge in [0.1, 0.15) is 11.2 Å². The predicted octanol–water partition coefficient (Wildman–Crippen LogP) is 34.9. The molecule has 1 aliphatic rings. The number of benzene rings is 21.